The van der Waals surface area contributed by atoms with Crippen molar-refractivity contribution in [1.82, 2.24) is 10.2 Å². The summed E-state index contributed by atoms with van der Waals surface area (Å²) >= 11 is 0. The molecule has 0 aromatic heterocycles. The average molecular weight is 260 g/mol. The predicted molar refractivity (Wildman–Crippen MR) is 78.3 cm³/mol. The molecule has 0 saturated carbocycles. The van der Waals surface area contributed by atoms with Crippen LogP contribution < -0.4 is 5.32 Å². The number of hydrogen-bond acceptors (Lipinski definition) is 2. The van der Waals surface area contributed by atoms with Gasteiger partial charge in [-0.15, -0.1) is 0 Å². The zero-order valence-electron chi connectivity index (χ0n) is 11.8. The number of nitrogens with one attached hydrogen (secondary N) is 1. The topological polar surface area (TPSA) is 32.3 Å². The minimum Gasteiger partial charge on any atom is -0.352 e. The van der Waals surface area contributed by atoms with Crippen molar-refractivity contribution in [3.8, 4) is 0 Å². The van der Waals surface area contributed by atoms with Crippen molar-refractivity contribution in [2.24, 2.45) is 0 Å². The van der Waals surface area contributed by atoms with E-state index in [4.69, 9.17) is 0 Å². The number of carbonyl (C=O) groups excluding carboxylic acids is 1. The van der Waals surface area contributed by atoms with Crippen LogP contribution in [0, 0.1) is 0 Å². The van der Waals surface area contributed by atoms with Gasteiger partial charge < -0.3 is 10.2 Å². The zero-order chi connectivity index (χ0) is 13.5. The van der Waals surface area contributed by atoms with E-state index in [2.05, 4.69) is 17.1 Å². The highest BCUT2D eigenvalue weighted by atomic mass is 16.1. The molecule has 1 aromatic carbocycles. The second-order valence-electron chi connectivity index (χ2n) is 5.36. The molecule has 1 fully saturated rings. The van der Waals surface area contributed by atoms with Gasteiger partial charge in [-0.1, -0.05) is 24.6 Å². The Bertz CT molecular complexity index is 391. The first kappa shape index (κ1) is 14.1. The number of likely N-dealkylation sites (tertiary alicyclic amines) is 1. The summed E-state index contributed by atoms with van der Waals surface area (Å²) in [6, 6.07) is 10.1. The highest BCUT2D eigenvalue weighted by molar-refractivity contribution is 5.94. The van der Waals surface area contributed by atoms with Crippen LogP contribution in [-0.4, -0.2) is 36.5 Å². The van der Waals surface area contributed by atoms with Crippen LogP contribution in [0.3, 0.4) is 0 Å². The monoisotopic (exact) mass is 260 g/mol. The first-order valence-electron chi connectivity index (χ1n) is 7.34. The van der Waals surface area contributed by atoms with Crippen molar-refractivity contribution in [2.45, 2.75) is 38.6 Å². The summed E-state index contributed by atoms with van der Waals surface area (Å²) in [4.78, 5) is 14.4. The van der Waals surface area contributed by atoms with E-state index >= 15 is 0 Å². The first-order chi connectivity index (χ1) is 9.27. The van der Waals surface area contributed by atoms with Gasteiger partial charge in [0.15, 0.2) is 0 Å². The van der Waals surface area contributed by atoms with Gasteiger partial charge in [0.25, 0.3) is 5.91 Å². The Morgan fingerprint density at radius 1 is 1.32 bits per heavy atom. The fourth-order valence-electron chi connectivity index (χ4n) is 2.67. The van der Waals surface area contributed by atoms with Crippen LogP contribution in [-0.2, 0) is 0 Å². The molecule has 1 N–H and O–H groups in total. The smallest absolute Gasteiger partial charge is 0.251 e. The molecule has 1 aromatic rings. The van der Waals surface area contributed by atoms with E-state index < -0.39 is 0 Å². The third kappa shape index (κ3) is 4.35. The molecule has 3 heteroatoms. The summed E-state index contributed by atoms with van der Waals surface area (Å²) < 4.78 is 0. The second kappa shape index (κ2) is 7.29. The fraction of sp³-hybridized carbons (Fsp3) is 0.562. The average Bonchev–Trinajstić information content (AvgIpc) is 2.46. The van der Waals surface area contributed by atoms with Gasteiger partial charge in [0.1, 0.15) is 0 Å². The summed E-state index contributed by atoms with van der Waals surface area (Å²) in [5, 5.41) is 2.99. The van der Waals surface area contributed by atoms with Gasteiger partial charge in [-0.05, 0) is 44.9 Å². The van der Waals surface area contributed by atoms with E-state index in [0.29, 0.717) is 6.04 Å². The molecule has 1 saturated heterocycles. The molecule has 1 aliphatic rings. The number of carbonyl (C=O) groups is 1. The molecule has 0 radical (unpaired) electrons. The lowest BCUT2D eigenvalue weighted by Crippen LogP contribution is -2.39. The van der Waals surface area contributed by atoms with Crippen LogP contribution >= 0.6 is 0 Å². The van der Waals surface area contributed by atoms with Crippen LogP contribution in [0.1, 0.15) is 43.0 Å². The van der Waals surface area contributed by atoms with E-state index in [9.17, 15) is 4.79 Å². The number of benzene rings is 1. The molecule has 1 atom stereocenters. The van der Waals surface area contributed by atoms with Gasteiger partial charge in [-0.25, -0.2) is 0 Å². The fourth-order valence-corrected chi connectivity index (χ4v) is 2.67. The highest BCUT2D eigenvalue weighted by Crippen LogP contribution is 2.16. The zero-order valence-corrected chi connectivity index (χ0v) is 11.8. The lowest BCUT2D eigenvalue weighted by atomic mass is 10.0. The number of amides is 1. The summed E-state index contributed by atoms with van der Waals surface area (Å²) in [6.45, 7) is 5.38. The van der Waals surface area contributed by atoms with Crippen LogP contribution in [0.25, 0.3) is 0 Å². The molecule has 1 unspecified atom stereocenters. The maximum absolute atomic E-state index is 11.8. The summed E-state index contributed by atoms with van der Waals surface area (Å²) in [5.41, 5.74) is 0.744. The predicted octanol–water partition coefficient (Wildman–Crippen LogP) is 2.68. The molecule has 0 aliphatic carbocycles. The molecule has 3 nitrogen and oxygen atoms in total. The third-order valence-corrected chi connectivity index (χ3v) is 3.88. The highest BCUT2D eigenvalue weighted by Gasteiger charge is 2.17. The molecule has 0 spiro atoms. The molecule has 2 rings (SSSR count). The molecule has 1 aliphatic heterocycles. The van der Waals surface area contributed by atoms with E-state index in [1.807, 2.05) is 30.3 Å². The van der Waals surface area contributed by atoms with E-state index in [0.717, 1.165) is 25.1 Å². The molecular weight excluding hydrogens is 236 g/mol. The number of nitrogens with zero attached hydrogens (tertiary/aromatic N) is 1. The standard InChI is InChI=1S/C16H24N2O/c1-14-8-5-6-12-18(14)13-7-11-17-16(19)15-9-3-2-4-10-15/h2-4,9-10,14H,5-8,11-13H2,1H3,(H,17,19). The number of piperidine rings is 1. The lowest BCUT2D eigenvalue weighted by Gasteiger charge is -2.33. The third-order valence-electron chi connectivity index (χ3n) is 3.88. The van der Waals surface area contributed by atoms with Crippen molar-refractivity contribution >= 4 is 5.91 Å². The minimum absolute atomic E-state index is 0.0345. The molecule has 1 heterocycles. The SMILES string of the molecule is CC1CCCCN1CCCNC(=O)c1ccccc1. The Labute approximate surface area is 116 Å². The largest absolute Gasteiger partial charge is 0.352 e. The normalized spacial score (nSPS) is 20.2. The Hall–Kier alpha value is -1.35. The molecule has 104 valence electrons. The van der Waals surface area contributed by atoms with Crippen molar-refractivity contribution < 1.29 is 4.79 Å². The molecule has 1 amide bonds. The lowest BCUT2D eigenvalue weighted by molar-refractivity contribution is 0.0949. The summed E-state index contributed by atoms with van der Waals surface area (Å²) in [5.74, 6) is 0.0345. The minimum atomic E-state index is 0.0345. The van der Waals surface area contributed by atoms with Gasteiger partial charge in [-0.3, -0.25) is 4.79 Å². The van der Waals surface area contributed by atoms with E-state index in [1.54, 1.807) is 0 Å². The van der Waals surface area contributed by atoms with Crippen molar-refractivity contribution in [3.05, 3.63) is 35.9 Å². The van der Waals surface area contributed by atoms with Gasteiger partial charge in [0.05, 0.1) is 0 Å². The quantitative estimate of drug-likeness (QED) is 0.826. The molecule has 0 bridgehead atoms. The van der Waals surface area contributed by atoms with E-state index in [-0.39, 0.29) is 5.91 Å². The Balaban J connectivity index is 1.65. The van der Waals surface area contributed by atoms with Gasteiger partial charge in [0, 0.05) is 24.7 Å². The van der Waals surface area contributed by atoms with Gasteiger partial charge >= 0.3 is 0 Å². The first-order valence-corrected chi connectivity index (χ1v) is 7.34. The van der Waals surface area contributed by atoms with Crippen molar-refractivity contribution in [2.75, 3.05) is 19.6 Å². The summed E-state index contributed by atoms with van der Waals surface area (Å²) in [7, 11) is 0. The maximum atomic E-state index is 11.8. The number of hydrogen-bond donors (Lipinski definition) is 1. The molecular formula is C16H24N2O. The van der Waals surface area contributed by atoms with Crippen LogP contribution in [0.2, 0.25) is 0 Å². The Morgan fingerprint density at radius 2 is 2.11 bits per heavy atom. The maximum Gasteiger partial charge on any atom is 0.251 e. The van der Waals surface area contributed by atoms with Crippen LogP contribution in [0.15, 0.2) is 30.3 Å². The van der Waals surface area contributed by atoms with Crippen molar-refractivity contribution in [3.63, 3.8) is 0 Å². The molecule has 19 heavy (non-hydrogen) atoms. The van der Waals surface area contributed by atoms with Gasteiger partial charge in [-0.2, -0.15) is 0 Å². The van der Waals surface area contributed by atoms with Crippen LogP contribution in [0.5, 0.6) is 0 Å². The number of rotatable bonds is 5. The van der Waals surface area contributed by atoms with Gasteiger partial charge in [0.2, 0.25) is 0 Å². The Morgan fingerprint density at radius 3 is 2.84 bits per heavy atom. The van der Waals surface area contributed by atoms with Crippen molar-refractivity contribution in [1.29, 1.82) is 0 Å². The Kier molecular flexibility index (Phi) is 5.40. The second-order valence-corrected chi connectivity index (χ2v) is 5.36. The summed E-state index contributed by atoms with van der Waals surface area (Å²) in [6.07, 6.45) is 5.03. The van der Waals surface area contributed by atoms with E-state index in [1.165, 1.54) is 25.8 Å². The van der Waals surface area contributed by atoms with Crippen LogP contribution in [0.4, 0.5) is 0 Å².